The van der Waals surface area contributed by atoms with Gasteiger partial charge in [-0.2, -0.15) is 0 Å². The third kappa shape index (κ3) is 8.92. The van der Waals surface area contributed by atoms with Crippen LogP contribution >= 0.6 is 45.2 Å². The number of rotatable bonds is 6. The van der Waals surface area contributed by atoms with E-state index < -0.39 is 11.9 Å². The average Bonchev–Trinajstić information content (AvgIpc) is 2.11. The molecule has 5 heteroatoms. The summed E-state index contributed by atoms with van der Waals surface area (Å²) in [6.07, 6.45) is 2.25. The molecule has 0 heterocycles. The van der Waals surface area contributed by atoms with E-state index in [4.69, 9.17) is 0 Å². The largest absolute Gasteiger partial charge is 0.393 e. The minimum absolute atomic E-state index is 0.346. The lowest BCUT2D eigenvalue weighted by Gasteiger charge is -2.00. The molecule has 0 bridgehead atoms. The van der Waals surface area contributed by atoms with E-state index in [1.54, 1.807) is 0 Å². The number of esters is 2. The van der Waals surface area contributed by atoms with Crippen molar-refractivity contribution in [2.24, 2.45) is 0 Å². The first-order chi connectivity index (χ1) is 6.20. The Bertz CT molecular complexity index is 153. The number of halogens is 2. The van der Waals surface area contributed by atoms with E-state index in [0.29, 0.717) is 12.8 Å². The smallest absolute Gasteiger partial charge is 0.313 e. The average molecular weight is 410 g/mol. The summed E-state index contributed by atoms with van der Waals surface area (Å²) in [6.45, 7) is 0. The SMILES string of the molecule is O=C(CCCI)OC(=O)CCCI. The molecule has 0 spiro atoms. The van der Waals surface area contributed by atoms with Gasteiger partial charge >= 0.3 is 11.9 Å². The molecule has 0 saturated carbocycles. The maximum atomic E-state index is 10.9. The molecule has 0 aliphatic carbocycles. The maximum absolute atomic E-state index is 10.9. The minimum Gasteiger partial charge on any atom is -0.393 e. The van der Waals surface area contributed by atoms with Crippen molar-refractivity contribution in [2.75, 3.05) is 8.86 Å². The second kappa shape index (κ2) is 9.17. The van der Waals surface area contributed by atoms with Gasteiger partial charge in [0.15, 0.2) is 0 Å². The molecule has 0 aliphatic heterocycles. The van der Waals surface area contributed by atoms with Crippen molar-refractivity contribution < 1.29 is 14.3 Å². The van der Waals surface area contributed by atoms with Crippen LogP contribution in [0.5, 0.6) is 0 Å². The number of alkyl halides is 2. The van der Waals surface area contributed by atoms with Gasteiger partial charge in [-0.3, -0.25) is 9.59 Å². The Morgan fingerprint density at radius 1 is 0.923 bits per heavy atom. The van der Waals surface area contributed by atoms with Crippen LogP contribution in [-0.4, -0.2) is 20.8 Å². The standard InChI is InChI=1S/C8H12I2O3/c9-5-1-3-7(11)13-8(12)4-2-6-10/h1-6H2. The Kier molecular flexibility index (Phi) is 9.59. The molecule has 0 radical (unpaired) electrons. The highest BCUT2D eigenvalue weighted by Crippen LogP contribution is 2.01. The van der Waals surface area contributed by atoms with E-state index in [2.05, 4.69) is 49.9 Å². The molecular weight excluding hydrogens is 398 g/mol. The first kappa shape index (κ1) is 13.6. The first-order valence-electron chi connectivity index (χ1n) is 4.06. The molecule has 0 aromatic carbocycles. The van der Waals surface area contributed by atoms with Crippen molar-refractivity contribution in [2.45, 2.75) is 25.7 Å². The lowest BCUT2D eigenvalue weighted by molar-refractivity contribution is -0.159. The summed E-state index contributed by atoms with van der Waals surface area (Å²) in [4.78, 5) is 21.9. The van der Waals surface area contributed by atoms with Crippen molar-refractivity contribution in [3.63, 3.8) is 0 Å². The minimum atomic E-state index is -0.393. The zero-order chi connectivity index (χ0) is 10.1. The predicted octanol–water partition coefficient (Wildman–Crippen LogP) is 2.49. The van der Waals surface area contributed by atoms with Crippen molar-refractivity contribution in [3.05, 3.63) is 0 Å². The van der Waals surface area contributed by atoms with E-state index in [1.807, 2.05) is 0 Å². The monoisotopic (exact) mass is 410 g/mol. The summed E-state index contributed by atoms with van der Waals surface area (Å²) in [7, 11) is 0. The Balaban J connectivity index is 3.47. The molecule has 0 rings (SSSR count). The zero-order valence-corrected chi connectivity index (χ0v) is 11.5. The van der Waals surface area contributed by atoms with E-state index >= 15 is 0 Å². The highest BCUT2D eigenvalue weighted by molar-refractivity contribution is 14.1. The Labute approximate surface area is 105 Å². The van der Waals surface area contributed by atoms with Crippen molar-refractivity contribution >= 4 is 57.1 Å². The molecule has 0 saturated heterocycles. The van der Waals surface area contributed by atoms with Gasteiger partial charge in [0.25, 0.3) is 0 Å². The van der Waals surface area contributed by atoms with E-state index in [9.17, 15) is 9.59 Å². The van der Waals surface area contributed by atoms with Crippen molar-refractivity contribution in [3.8, 4) is 0 Å². The molecule has 0 unspecified atom stereocenters. The Morgan fingerprint density at radius 2 is 1.31 bits per heavy atom. The maximum Gasteiger partial charge on any atom is 0.313 e. The molecule has 0 fully saturated rings. The van der Waals surface area contributed by atoms with Gasteiger partial charge in [0.2, 0.25) is 0 Å². The summed E-state index contributed by atoms with van der Waals surface area (Å²) in [5.74, 6) is -0.787. The lowest BCUT2D eigenvalue weighted by atomic mass is 10.3. The van der Waals surface area contributed by atoms with Crippen LogP contribution in [0.2, 0.25) is 0 Å². The van der Waals surface area contributed by atoms with Gasteiger partial charge in [0, 0.05) is 21.7 Å². The van der Waals surface area contributed by atoms with E-state index in [0.717, 1.165) is 21.7 Å². The Hall–Kier alpha value is 0.600. The Morgan fingerprint density at radius 3 is 1.62 bits per heavy atom. The molecule has 0 amide bonds. The fourth-order valence-electron chi connectivity index (χ4n) is 0.651. The van der Waals surface area contributed by atoms with Gasteiger partial charge in [-0.25, -0.2) is 0 Å². The third-order valence-corrected chi connectivity index (χ3v) is 2.78. The highest BCUT2D eigenvalue weighted by Gasteiger charge is 2.08. The van der Waals surface area contributed by atoms with Crippen molar-refractivity contribution in [1.29, 1.82) is 0 Å². The van der Waals surface area contributed by atoms with Gasteiger partial charge in [-0.05, 0) is 12.8 Å². The number of hydrogen-bond acceptors (Lipinski definition) is 3. The molecule has 0 atom stereocenters. The predicted molar refractivity (Wildman–Crippen MR) is 67.3 cm³/mol. The molecular formula is C8H12I2O3. The van der Waals surface area contributed by atoms with Gasteiger partial charge in [0.1, 0.15) is 0 Å². The topological polar surface area (TPSA) is 43.4 Å². The summed E-state index contributed by atoms with van der Waals surface area (Å²) in [5.41, 5.74) is 0. The fraction of sp³-hybridized carbons (Fsp3) is 0.750. The van der Waals surface area contributed by atoms with Gasteiger partial charge in [0.05, 0.1) is 0 Å². The quantitative estimate of drug-likeness (QED) is 0.293. The normalized spacial score (nSPS) is 9.69. The summed E-state index contributed by atoms with van der Waals surface area (Å²) in [6, 6.07) is 0. The summed E-state index contributed by atoms with van der Waals surface area (Å²) < 4.78 is 6.39. The molecule has 0 aromatic rings. The van der Waals surface area contributed by atoms with E-state index in [-0.39, 0.29) is 0 Å². The second-order valence-electron chi connectivity index (χ2n) is 2.43. The highest BCUT2D eigenvalue weighted by atomic mass is 127. The fourth-order valence-corrected chi connectivity index (χ4v) is 1.41. The van der Waals surface area contributed by atoms with Crippen molar-refractivity contribution in [1.82, 2.24) is 0 Å². The number of hydrogen-bond donors (Lipinski definition) is 0. The van der Waals surface area contributed by atoms with Crippen LogP contribution in [0.1, 0.15) is 25.7 Å². The molecule has 3 nitrogen and oxygen atoms in total. The number of ether oxygens (including phenoxy) is 1. The molecule has 0 aromatic heterocycles. The second-order valence-corrected chi connectivity index (χ2v) is 4.59. The van der Waals surface area contributed by atoms with Gasteiger partial charge in [-0.15, -0.1) is 0 Å². The first-order valence-corrected chi connectivity index (χ1v) is 7.11. The molecule has 13 heavy (non-hydrogen) atoms. The van der Waals surface area contributed by atoms with Crippen LogP contribution in [0.4, 0.5) is 0 Å². The van der Waals surface area contributed by atoms with Gasteiger partial charge < -0.3 is 4.74 Å². The third-order valence-electron chi connectivity index (χ3n) is 1.26. The summed E-state index contributed by atoms with van der Waals surface area (Å²) in [5, 5.41) is 0. The van der Waals surface area contributed by atoms with Crippen LogP contribution in [0.15, 0.2) is 0 Å². The summed E-state index contributed by atoms with van der Waals surface area (Å²) >= 11 is 4.37. The van der Waals surface area contributed by atoms with Crippen LogP contribution in [0.3, 0.4) is 0 Å². The lowest BCUT2D eigenvalue weighted by Crippen LogP contribution is -2.12. The molecule has 0 aliphatic rings. The number of carbonyl (C=O) groups is 2. The van der Waals surface area contributed by atoms with Crippen LogP contribution in [-0.2, 0) is 14.3 Å². The molecule has 76 valence electrons. The molecule has 0 N–H and O–H groups in total. The zero-order valence-electron chi connectivity index (χ0n) is 7.22. The van der Waals surface area contributed by atoms with Crippen LogP contribution < -0.4 is 0 Å². The van der Waals surface area contributed by atoms with Gasteiger partial charge in [-0.1, -0.05) is 45.2 Å². The van der Waals surface area contributed by atoms with E-state index in [1.165, 1.54) is 0 Å². The number of carbonyl (C=O) groups excluding carboxylic acids is 2. The van der Waals surface area contributed by atoms with Crippen LogP contribution in [0, 0.1) is 0 Å². The van der Waals surface area contributed by atoms with Crippen LogP contribution in [0.25, 0.3) is 0 Å².